The Labute approximate surface area is 435 Å². The fourth-order valence-electron chi connectivity index (χ4n) is 7.15. The fraction of sp³-hybridized carbons (Fsp3) is 0.661. The van der Waals surface area contributed by atoms with Gasteiger partial charge in [-0.2, -0.15) is 0 Å². The molecular weight excluding hydrogens is 941 g/mol. The van der Waals surface area contributed by atoms with E-state index in [1.807, 2.05) is 123 Å². The Morgan fingerprint density at radius 2 is 1.00 bits per heavy atom. The summed E-state index contributed by atoms with van der Waals surface area (Å²) in [5.41, 5.74) is 2.00. The highest BCUT2D eigenvalue weighted by molar-refractivity contribution is 6.01. The lowest BCUT2D eigenvalue weighted by atomic mass is 9.95. The zero-order valence-corrected chi connectivity index (χ0v) is 45.9. The Morgan fingerprint density at radius 1 is 0.589 bits per heavy atom. The number of hydrogen-bond donors (Lipinski definition) is 3. The normalized spacial score (nSPS) is 19.5. The maximum Gasteiger partial charge on any atom is 0.308 e. The van der Waals surface area contributed by atoms with Crippen LogP contribution in [0.15, 0.2) is 60.7 Å². The van der Waals surface area contributed by atoms with Crippen molar-refractivity contribution in [3.63, 3.8) is 0 Å². The minimum Gasteiger partial charge on any atom is -0.481 e. The molecule has 0 amide bonds. The van der Waals surface area contributed by atoms with Gasteiger partial charge in [0.2, 0.25) is 0 Å². The lowest BCUT2D eigenvalue weighted by Crippen LogP contribution is -2.44. The maximum atomic E-state index is 11.8. The Kier molecular flexibility index (Phi) is 38.9. The van der Waals surface area contributed by atoms with Crippen molar-refractivity contribution in [2.24, 2.45) is 11.8 Å². The van der Waals surface area contributed by atoms with E-state index in [2.05, 4.69) is 10.6 Å². The van der Waals surface area contributed by atoms with E-state index in [1.165, 1.54) is 7.11 Å². The molecule has 2 aromatic carbocycles. The summed E-state index contributed by atoms with van der Waals surface area (Å²) < 4.78 is 36.4. The molecule has 0 spiro atoms. The Balaban J connectivity index is 0.000000898. The summed E-state index contributed by atoms with van der Waals surface area (Å²) in [6.45, 7) is 19.1. The van der Waals surface area contributed by atoms with E-state index in [9.17, 15) is 33.6 Å². The van der Waals surface area contributed by atoms with Crippen molar-refractivity contribution in [3.8, 4) is 0 Å². The second-order valence-corrected chi connectivity index (χ2v) is 18.4. The first-order chi connectivity index (χ1) is 34.8. The second kappa shape index (κ2) is 41.6. The molecule has 4 rings (SSSR count). The number of aliphatic carboxylic acids is 1. The standard InChI is InChI=1S/2C13H18O3.2C12H21NO3.C6H12O3/c2*1-3-12(15-2)9-13(14)16-10-11-7-5-4-6-8-11;1-4-10-5-9(14)6-13-12(8(2)3)11(15)7-16-10;1-4-10-5-9(14)6-11(15)12(8(2)3)13-7-16-10;1-3-5(9-2)4-6(7)8/h2*4-8,12H,3,9-10H2,1-2H3;2*8,10,12-13H,4-7H2,1-3H3;5H,3-4H2,1-2H3,(H,7,8)/t;;2*10?,12-;/m..00./s1. The van der Waals surface area contributed by atoms with Crippen LogP contribution in [0.25, 0.3) is 0 Å². The van der Waals surface area contributed by atoms with Gasteiger partial charge in [-0.1, -0.05) is 123 Å². The summed E-state index contributed by atoms with van der Waals surface area (Å²) in [6, 6.07) is 18.8. The first kappa shape index (κ1) is 68.2. The number of rotatable bonds is 20. The van der Waals surface area contributed by atoms with Crippen LogP contribution in [0.5, 0.6) is 0 Å². The molecule has 5 unspecified atom stereocenters. The second-order valence-electron chi connectivity index (χ2n) is 18.4. The van der Waals surface area contributed by atoms with Crippen molar-refractivity contribution in [1.82, 2.24) is 10.6 Å². The minimum absolute atomic E-state index is 0.00815. The van der Waals surface area contributed by atoms with Gasteiger partial charge in [0, 0.05) is 34.2 Å². The summed E-state index contributed by atoms with van der Waals surface area (Å²) in [7, 11) is 4.74. The Morgan fingerprint density at radius 3 is 1.38 bits per heavy atom. The lowest BCUT2D eigenvalue weighted by Gasteiger charge is -2.20. The highest BCUT2D eigenvalue weighted by Gasteiger charge is 2.28. The summed E-state index contributed by atoms with van der Waals surface area (Å²) >= 11 is 0. The van der Waals surface area contributed by atoms with Gasteiger partial charge in [0.15, 0.2) is 11.6 Å². The van der Waals surface area contributed by atoms with Gasteiger partial charge in [-0.05, 0) is 55.1 Å². The highest BCUT2D eigenvalue weighted by Crippen LogP contribution is 2.14. The number of carbonyl (C=O) groups excluding carboxylic acids is 6. The molecular formula is C56H90N2O15. The van der Waals surface area contributed by atoms with Gasteiger partial charge in [-0.15, -0.1) is 0 Å². The third-order valence-corrected chi connectivity index (χ3v) is 11.9. The number of methoxy groups -OCH3 is 3. The van der Waals surface area contributed by atoms with Crippen LogP contribution in [-0.4, -0.2) is 130 Å². The van der Waals surface area contributed by atoms with E-state index < -0.39 is 5.97 Å². The first-order valence-electron chi connectivity index (χ1n) is 25.8. The van der Waals surface area contributed by atoms with Crippen LogP contribution in [0, 0.1) is 11.8 Å². The van der Waals surface area contributed by atoms with Crippen molar-refractivity contribution < 1.29 is 71.8 Å². The molecule has 7 atom stereocenters. The van der Waals surface area contributed by atoms with Crippen LogP contribution >= 0.6 is 0 Å². The number of benzene rings is 2. The number of ether oxygens (including phenoxy) is 7. The van der Waals surface area contributed by atoms with E-state index in [0.717, 1.165) is 43.2 Å². The number of carboxylic acid groups (broad SMARTS) is 1. The molecule has 2 heterocycles. The van der Waals surface area contributed by atoms with Gasteiger partial charge in [-0.25, -0.2) is 0 Å². The number of ketones is 4. The third kappa shape index (κ3) is 32.9. The van der Waals surface area contributed by atoms with Crippen molar-refractivity contribution in [1.29, 1.82) is 0 Å². The lowest BCUT2D eigenvalue weighted by molar-refractivity contribution is -0.148. The van der Waals surface area contributed by atoms with Crippen LogP contribution in [0.4, 0.5) is 0 Å². The van der Waals surface area contributed by atoms with E-state index in [4.69, 9.17) is 38.3 Å². The number of carbonyl (C=O) groups is 7. The summed E-state index contributed by atoms with van der Waals surface area (Å²) in [5, 5.41) is 14.4. The van der Waals surface area contributed by atoms with Crippen molar-refractivity contribution in [3.05, 3.63) is 71.8 Å². The van der Waals surface area contributed by atoms with Gasteiger partial charge in [0.05, 0.1) is 81.6 Å². The van der Waals surface area contributed by atoms with Crippen LogP contribution in [0.3, 0.4) is 0 Å². The topological polar surface area (TPSA) is 228 Å². The predicted molar refractivity (Wildman–Crippen MR) is 280 cm³/mol. The Bertz CT molecular complexity index is 1740. The average molecular weight is 1030 g/mol. The maximum absolute atomic E-state index is 11.8. The molecule has 2 aromatic rings. The van der Waals surface area contributed by atoms with Crippen LogP contribution in [0.1, 0.15) is 144 Å². The molecule has 0 aliphatic carbocycles. The molecule has 3 N–H and O–H groups in total. The smallest absolute Gasteiger partial charge is 0.308 e. The molecule has 0 bridgehead atoms. The molecule has 2 saturated heterocycles. The molecule has 2 aliphatic heterocycles. The molecule has 2 aliphatic rings. The van der Waals surface area contributed by atoms with Crippen molar-refractivity contribution >= 4 is 41.0 Å². The zero-order valence-electron chi connectivity index (χ0n) is 45.9. The van der Waals surface area contributed by atoms with E-state index >= 15 is 0 Å². The van der Waals surface area contributed by atoms with Gasteiger partial charge >= 0.3 is 17.9 Å². The molecule has 0 radical (unpaired) electrons. The number of carboxylic acids is 1. The van der Waals surface area contributed by atoms with E-state index in [0.29, 0.717) is 45.6 Å². The number of hydrogen-bond acceptors (Lipinski definition) is 16. The highest BCUT2D eigenvalue weighted by atomic mass is 16.5. The Hall–Kier alpha value is -4.75. The fourth-order valence-corrected chi connectivity index (χ4v) is 7.15. The number of Topliss-reactive ketones (excluding diaryl/α,β-unsaturated/α-hetero) is 4. The molecule has 414 valence electrons. The third-order valence-electron chi connectivity index (χ3n) is 11.9. The SMILES string of the molecule is CCC(CC(=O)O)OC.CCC(CC(=O)OCc1ccccc1)OC.CCC(CC(=O)OCc1ccccc1)OC.CCC1CC(=O)CC(=O)[C@H](C(C)C)NCO1.CCC1CC(=O)CN[C@@H](C(C)C)C(=O)CO1. The van der Waals surface area contributed by atoms with Crippen LogP contribution in [0.2, 0.25) is 0 Å². The average Bonchev–Trinajstić information content (AvgIpc) is 3.50. The van der Waals surface area contributed by atoms with Gasteiger partial charge in [0.1, 0.15) is 31.4 Å². The zero-order chi connectivity index (χ0) is 55.1. The van der Waals surface area contributed by atoms with E-state index in [-0.39, 0.29) is 116 Å². The number of esters is 2. The first-order valence-corrected chi connectivity index (χ1v) is 25.8. The monoisotopic (exact) mass is 1030 g/mol. The van der Waals surface area contributed by atoms with Gasteiger partial charge in [0.25, 0.3) is 0 Å². The summed E-state index contributed by atoms with van der Waals surface area (Å²) in [6.07, 6.45) is 5.13. The molecule has 2 fully saturated rings. The largest absolute Gasteiger partial charge is 0.481 e. The quantitative estimate of drug-likeness (QED) is 0.0838. The minimum atomic E-state index is -0.802. The molecule has 17 heteroatoms. The van der Waals surface area contributed by atoms with Crippen molar-refractivity contribution in [2.45, 2.75) is 189 Å². The molecule has 0 aromatic heterocycles. The van der Waals surface area contributed by atoms with Crippen LogP contribution < -0.4 is 10.6 Å². The molecule has 73 heavy (non-hydrogen) atoms. The summed E-state index contributed by atoms with van der Waals surface area (Å²) in [4.78, 5) is 79.8. The van der Waals surface area contributed by atoms with Crippen molar-refractivity contribution in [2.75, 3.05) is 41.2 Å². The molecule has 17 nitrogen and oxygen atoms in total. The molecule has 0 saturated carbocycles. The predicted octanol–water partition coefficient (Wildman–Crippen LogP) is 8.20. The summed E-state index contributed by atoms with van der Waals surface area (Å²) in [5.74, 6) is -0.718. The van der Waals surface area contributed by atoms with E-state index in [1.54, 1.807) is 14.2 Å². The number of nitrogens with one attached hydrogen (secondary N) is 2. The van der Waals surface area contributed by atoms with Gasteiger partial charge < -0.3 is 43.6 Å². The van der Waals surface area contributed by atoms with Gasteiger partial charge in [-0.3, -0.25) is 38.9 Å². The van der Waals surface area contributed by atoms with Crippen LogP contribution in [-0.2, 0) is 79.9 Å².